The monoisotopic (exact) mass is 611 g/mol. The first kappa shape index (κ1) is 32.5. The molecule has 0 unspecified atom stereocenters. The number of hydrogen-bond donors (Lipinski definition) is 0. The third kappa shape index (κ3) is 5.19. The van der Waals surface area contributed by atoms with Gasteiger partial charge in [0.1, 0.15) is 11.5 Å². The van der Waals surface area contributed by atoms with Crippen LogP contribution < -0.4 is 20.5 Å². The molecule has 240 valence electrons. The SMILES string of the molecule is CC(C)(C)c1cc(C(C)(C)C)c2c(c1)C(C)(C)c1cc(C(C)(C)C)cc(C(C)(C)C)c1N2B1c2ccccc2Oc2ccccc21. The molecule has 0 spiro atoms. The number of hydrogen-bond acceptors (Lipinski definition) is 2. The Hall–Kier alpha value is -3.46. The normalized spacial score (nSPS) is 15.9. The van der Waals surface area contributed by atoms with Crippen molar-refractivity contribution in [1.29, 1.82) is 0 Å². The Morgan fingerprint density at radius 3 is 1.24 bits per heavy atom. The Morgan fingerprint density at radius 1 is 0.522 bits per heavy atom. The summed E-state index contributed by atoms with van der Waals surface area (Å²) in [6.45, 7) is 33.3. The van der Waals surface area contributed by atoms with E-state index in [2.05, 4.69) is 175 Å². The number of rotatable bonds is 1. The lowest BCUT2D eigenvalue weighted by Gasteiger charge is -2.51. The quantitative estimate of drug-likeness (QED) is 0.199. The molecule has 2 aliphatic heterocycles. The summed E-state index contributed by atoms with van der Waals surface area (Å²) in [6, 6.07) is 27.5. The molecular weight excluding hydrogens is 557 g/mol. The second-order valence-corrected chi connectivity index (χ2v) is 18.4. The molecule has 3 heteroatoms. The molecule has 4 aromatic rings. The molecule has 2 nitrogen and oxygen atoms in total. The summed E-state index contributed by atoms with van der Waals surface area (Å²) in [4.78, 5) is 2.75. The molecule has 0 aromatic heterocycles. The van der Waals surface area contributed by atoms with Crippen molar-refractivity contribution < 1.29 is 4.74 Å². The maximum atomic E-state index is 6.61. The van der Waals surface area contributed by atoms with Gasteiger partial charge in [-0.3, -0.25) is 0 Å². The fraction of sp³-hybridized carbons (Fsp3) is 0.442. The molecule has 0 atom stereocenters. The highest BCUT2D eigenvalue weighted by molar-refractivity contribution is 6.90. The standard InChI is InChI=1S/C43H54BNO/c1-39(2,3)27-23-29(41(7,8)9)37-31(25-27)43(13,14)32-26-28(40(4,5)6)24-30(42(10,11)12)38(32)45(37)44-33-19-15-17-21-35(33)46-36-22-18-16-20-34(36)44/h15-26H,1-14H3. The summed E-state index contributed by atoms with van der Waals surface area (Å²) in [5.74, 6) is 1.87. The molecule has 0 saturated heterocycles. The molecule has 46 heavy (non-hydrogen) atoms. The summed E-state index contributed by atoms with van der Waals surface area (Å²) in [7, 11) is 0. The number of fused-ring (bicyclic) bond motifs is 4. The highest BCUT2D eigenvalue weighted by atomic mass is 16.5. The van der Waals surface area contributed by atoms with E-state index in [9.17, 15) is 0 Å². The molecular formula is C43H54BNO. The van der Waals surface area contributed by atoms with Crippen LogP contribution in [0.4, 0.5) is 11.4 Å². The van der Waals surface area contributed by atoms with Gasteiger partial charge in [-0.15, -0.1) is 0 Å². The van der Waals surface area contributed by atoms with Crippen molar-refractivity contribution in [2.75, 3.05) is 4.81 Å². The smallest absolute Gasteiger partial charge is 0.335 e. The number of benzene rings is 4. The van der Waals surface area contributed by atoms with Crippen molar-refractivity contribution in [3.05, 3.63) is 106 Å². The average molecular weight is 612 g/mol. The predicted molar refractivity (Wildman–Crippen MR) is 200 cm³/mol. The van der Waals surface area contributed by atoms with E-state index < -0.39 is 0 Å². The zero-order valence-corrected chi connectivity index (χ0v) is 30.9. The van der Waals surface area contributed by atoms with E-state index in [1.807, 2.05) is 0 Å². The fourth-order valence-electron chi connectivity index (χ4n) is 7.43. The summed E-state index contributed by atoms with van der Waals surface area (Å²) < 4.78 is 6.61. The van der Waals surface area contributed by atoms with Gasteiger partial charge in [0.2, 0.25) is 0 Å². The summed E-state index contributed by atoms with van der Waals surface area (Å²) in [5.41, 5.74) is 13.1. The second-order valence-electron chi connectivity index (χ2n) is 18.4. The third-order valence-electron chi connectivity index (χ3n) is 10.3. The Labute approximate surface area is 279 Å². The Balaban J connectivity index is 1.86. The summed E-state index contributed by atoms with van der Waals surface area (Å²) in [6.07, 6.45) is 0. The van der Waals surface area contributed by atoms with E-state index in [1.165, 1.54) is 55.7 Å². The van der Waals surface area contributed by atoms with E-state index >= 15 is 0 Å². The minimum absolute atomic E-state index is 0.0118. The van der Waals surface area contributed by atoms with Gasteiger partial charge < -0.3 is 9.55 Å². The first-order chi connectivity index (χ1) is 21.1. The highest BCUT2D eigenvalue weighted by Crippen LogP contribution is 2.57. The molecule has 0 aliphatic carbocycles. The van der Waals surface area contributed by atoms with Crippen molar-refractivity contribution in [2.24, 2.45) is 0 Å². The molecule has 2 heterocycles. The molecule has 0 bridgehead atoms. The summed E-state index contributed by atoms with van der Waals surface area (Å²) >= 11 is 0. The van der Waals surface area contributed by atoms with Gasteiger partial charge in [-0.2, -0.15) is 0 Å². The lowest BCUT2D eigenvalue weighted by atomic mass is 9.45. The van der Waals surface area contributed by atoms with Crippen LogP contribution >= 0.6 is 0 Å². The Bertz CT molecular complexity index is 1700. The van der Waals surface area contributed by atoms with Crippen LogP contribution in [0.25, 0.3) is 0 Å². The molecule has 0 N–H and O–H groups in total. The van der Waals surface area contributed by atoms with E-state index in [4.69, 9.17) is 4.74 Å². The van der Waals surface area contributed by atoms with Crippen molar-refractivity contribution in [3.8, 4) is 11.5 Å². The molecule has 0 saturated carbocycles. The first-order valence-electron chi connectivity index (χ1n) is 17.2. The zero-order valence-electron chi connectivity index (χ0n) is 30.9. The van der Waals surface area contributed by atoms with E-state index in [-0.39, 0.29) is 33.9 Å². The predicted octanol–water partition coefficient (Wildman–Crippen LogP) is 10.6. The number of ether oxygens (including phenoxy) is 1. The van der Waals surface area contributed by atoms with Gasteiger partial charge in [0, 0.05) is 16.8 Å². The van der Waals surface area contributed by atoms with Crippen LogP contribution in [-0.2, 0) is 27.1 Å². The number of anilines is 2. The summed E-state index contributed by atoms with van der Waals surface area (Å²) in [5, 5.41) is 0. The largest absolute Gasteiger partial charge is 0.458 e. The molecule has 0 fully saturated rings. The van der Waals surface area contributed by atoms with Crippen LogP contribution in [0.15, 0.2) is 72.8 Å². The topological polar surface area (TPSA) is 12.5 Å². The van der Waals surface area contributed by atoms with Gasteiger partial charge in [0.25, 0.3) is 0 Å². The van der Waals surface area contributed by atoms with Crippen LogP contribution in [0.5, 0.6) is 11.5 Å². The highest BCUT2D eigenvalue weighted by Gasteiger charge is 2.48. The third-order valence-corrected chi connectivity index (χ3v) is 10.3. The van der Waals surface area contributed by atoms with Gasteiger partial charge in [-0.25, -0.2) is 0 Å². The molecule has 2 aliphatic rings. The minimum atomic E-state index is -0.228. The number of para-hydroxylation sites is 2. The maximum absolute atomic E-state index is 6.61. The van der Waals surface area contributed by atoms with Gasteiger partial charge in [0.05, 0.1) is 0 Å². The fourth-order valence-corrected chi connectivity index (χ4v) is 7.43. The second kappa shape index (κ2) is 10.3. The van der Waals surface area contributed by atoms with Crippen LogP contribution in [0.1, 0.15) is 130 Å². The van der Waals surface area contributed by atoms with Crippen LogP contribution in [0, 0.1) is 0 Å². The van der Waals surface area contributed by atoms with Crippen LogP contribution in [0.2, 0.25) is 0 Å². The lowest BCUT2D eigenvalue weighted by Crippen LogP contribution is -2.59. The van der Waals surface area contributed by atoms with E-state index in [0.29, 0.717) is 0 Å². The van der Waals surface area contributed by atoms with Crippen molar-refractivity contribution >= 4 is 29.1 Å². The maximum Gasteiger partial charge on any atom is 0.335 e. The van der Waals surface area contributed by atoms with E-state index in [0.717, 1.165) is 11.5 Å². The average Bonchev–Trinajstić information content (AvgIpc) is 2.94. The Morgan fingerprint density at radius 2 is 0.891 bits per heavy atom. The van der Waals surface area contributed by atoms with Crippen molar-refractivity contribution in [2.45, 2.75) is 124 Å². The van der Waals surface area contributed by atoms with Gasteiger partial charge in [-0.05, 0) is 78.1 Å². The molecule has 6 rings (SSSR count). The first-order valence-corrected chi connectivity index (χ1v) is 17.2. The van der Waals surface area contributed by atoms with Gasteiger partial charge >= 0.3 is 6.85 Å². The molecule has 0 radical (unpaired) electrons. The molecule has 4 aromatic carbocycles. The van der Waals surface area contributed by atoms with Crippen molar-refractivity contribution in [1.82, 2.24) is 0 Å². The van der Waals surface area contributed by atoms with Crippen LogP contribution in [0.3, 0.4) is 0 Å². The lowest BCUT2D eigenvalue weighted by molar-refractivity contribution is 0.487. The van der Waals surface area contributed by atoms with Crippen LogP contribution in [-0.4, -0.2) is 6.85 Å². The molecule has 0 amide bonds. The van der Waals surface area contributed by atoms with Gasteiger partial charge in [0.15, 0.2) is 0 Å². The van der Waals surface area contributed by atoms with Gasteiger partial charge in [-0.1, -0.05) is 158 Å². The van der Waals surface area contributed by atoms with Crippen molar-refractivity contribution in [3.63, 3.8) is 0 Å². The number of nitrogens with zero attached hydrogens (tertiary/aromatic N) is 1. The van der Waals surface area contributed by atoms with E-state index in [1.54, 1.807) is 0 Å². The minimum Gasteiger partial charge on any atom is -0.458 e. The Kier molecular flexibility index (Phi) is 7.25. The zero-order chi connectivity index (χ0) is 33.8.